The fraction of sp³-hybridized carbons (Fsp3) is 0.500. The van der Waals surface area contributed by atoms with Crippen molar-refractivity contribution in [1.29, 1.82) is 0 Å². The lowest BCUT2D eigenvalue weighted by atomic mass is 10.0. The van der Waals surface area contributed by atoms with Crippen LogP contribution >= 0.6 is 0 Å². The highest BCUT2D eigenvalue weighted by molar-refractivity contribution is 5.94. The molecule has 1 aliphatic rings. The molecule has 1 aliphatic heterocycles. The fourth-order valence-corrected chi connectivity index (χ4v) is 2.96. The number of ether oxygens (including phenoxy) is 1. The van der Waals surface area contributed by atoms with Crippen LogP contribution in [-0.2, 0) is 0 Å². The van der Waals surface area contributed by atoms with Gasteiger partial charge in [0.1, 0.15) is 5.75 Å². The van der Waals surface area contributed by atoms with Gasteiger partial charge < -0.3 is 9.64 Å². The van der Waals surface area contributed by atoms with Crippen molar-refractivity contribution < 1.29 is 9.53 Å². The van der Waals surface area contributed by atoms with Gasteiger partial charge in [-0.2, -0.15) is 0 Å². The van der Waals surface area contributed by atoms with Crippen molar-refractivity contribution in [3.63, 3.8) is 0 Å². The van der Waals surface area contributed by atoms with E-state index in [-0.39, 0.29) is 5.91 Å². The van der Waals surface area contributed by atoms with Gasteiger partial charge in [-0.1, -0.05) is 18.6 Å². The van der Waals surface area contributed by atoms with E-state index in [1.807, 2.05) is 40.0 Å². The van der Waals surface area contributed by atoms with Gasteiger partial charge in [-0.05, 0) is 43.5 Å². The molecule has 1 amide bonds. The normalized spacial score (nSPS) is 15.5. The summed E-state index contributed by atoms with van der Waals surface area (Å²) in [6, 6.07) is 7.81. The molecule has 0 spiro atoms. The number of rotatable bonds is 6. The lowest BCUT2D eigenvalue weighted by Crippen LogP contribution is -2.39. The summed E-state index contributed by atoms with van der Waals surface area (Å²) in [5.74, 6) is 0.914. The number of likely N-dealkylation sites (tertiary alicyclic amines) is 1. The Morgan fingerprint density at radius 2 is 2.00 bits per heavy atom. The Kier molecular flexibility index (Phi) is 5.46. The number of carbonyl (C=O) groups is 1. The fourth-order valence-electron chi connectivity index (χ4n) is 2.96. The maximum absolute atomic E-state index is 12.6. The van der Waals surface area contributed by atoms with Gasteiger partial charge in [0, 0.05) is 24.8 Å². The Hall–Kier alpha value is -2.37. The minimum absolute atomic E-state index is 0.0900. The summed E-state index contributed by atoms with van der Waals surface area (Å²) in [6.45, 7) is 4.35. The largest absolute Gasteiger partial charge is 0.494 e. The van der Waals surface area contributed by atoms with Gasteiger partial charge in [0.25, 0.3) is 5.91 Å². The first-order chi connectivity index (χ1) is 11.8. The lowest BCUT2D eigenvalue weighted by molar-refractivity contribution is 0.0689. The number of carbonyl (C=O) groups excluding carboxylic acids is 1. The Morgan fingerprint density at radius 1 is 1.25 bits per heavy atom. The third-order valence-electron chi connectivity index (χ3n) is 4.43. The summed E-state index contributed by atoms with van der Waals surface area (Å²) < 4.78 is 7.53. The second-order valence-electron chi connectivity index (χ2n) is 6.13. The van der Waals surface area contributed by atoms with Crippen LogP contribution in [0.2, 0.25) is 0 Å². The van der Waals surface area contributed by atoms with Gasteiger partial charge in [-0.25, -0.2) is 4.68 Å². The summed E-state index contributed by atoms with van der Waals surface area (Å²) in [6.07, 6.45) is 7.56. The zero-order chi connectivity index (χ0) is 16.8. The molecule has 2 aromatic rings. The molecular formula is C18H24N4O2. The third-order valence-corrected chi connectivity index (χ3v) is 4.43. The molecule has 1 fully saturated rings. The third kappa shape index (κ3) is 3.93. The van der Waals surface area contributed by atoms with E-state index in [1.54, 1.807) is 6.20 Å². The average Bonchev–Trinajstić information content (AvgIpc) is 3.17. The van der Waals surface area contributed by atoms with E-state index in [2.05, 4.69) is 17.2 Å². The van der Waals surface area contributed by atoms with E-state index in [4.69, 9.17) is 4.74 Å². The maximum atomic E-state index is 12.6. The molecular weight excluding hydrogens is 304 g/mol. The molecule has 0 N–H and O–H groups in total. The minimum atomic E-state index is 0.0900. The second-order valence-corrected chi connectivity index (χ2v) is 6.13. The monoisotopic (exact) mass is 328 g/mol. The van der Waals surface area contributed by atoms with Gasteiger partial charge >= 0.3 is 0 Å². The molecule has 1 saturated heterocycles. The highest BCUT2D eigenvalue weighted by atomic mass is 16.5. The lowest BCUT2D eigenvalue weighted by Gasteiger charge is -2.31. The summed E-state index contributed by atoms with van der Waals surface area (Å²) in [5, 5.41) is 7.91. The molecule has 6 nitrogen and oxygen atoms in total. The zero-order valence-corrected chi connectivity index (χ0v) is 14.1. The molecule has 1 aromatic heterocycles. The van der Waals surface area contributed by atoms with Crippen molar-refractivity contribution in [2.75, 3.05) is 19.7 Å². The smallest absolute Gasteiger partial charge is 0.253 e. The summed E-state index contributed by atoms with van der Waals surface area (Å²) >= 11 is 0. The van der Waals surface area contributed by atoms with Crippen LogP contribution < -0.4 is 4.74 Å². The number of hydrogen-bond donors (Lipinski definition) is 0. The average molecular weight is 328 g/mol. The molecule has 1 aromatic carbocycles. The summed E-state index contributed by atoms with van der Waals surface area (Å²) in [5.41, 5.74) is 0.719. The van der Waals surface area contributed by atoms with Crippen molar-refractivity contribution in [2.24, 2.45) is 0 Å². The number of aromatic nitrogens is 3. The van der Waals surface area contributed by atoms with Crippen LogP contribution in [0.25, 0.3) is 0 Å². The Labute approximate surface area is 142 Å². The van der Waals surface area contributed by atoms with Crippen LogP contribution in [0, 0.1) is 0 Å². The first kappa shape index (κ1) is 16.5. The van der Waals surface area contributed by atoms with Gasteiger partial charge in [0.15, 0.2) is 0 Å². The van der Waals surface area contributed by atoms with Gasteiger partial charge in [0.2, 0.25) is 0 Å². The highest BCUT2D eigenvalue weighted by Gasteiger charge is 2.24. The number of amides is 1. The number of nitrogens with zero attached hydrogens (tertiary/aromatic N) is 4. The molecule has 0 aliphatic carbocycles. The molecule has 0 saturated carbocycles. The molecule has 24 heavy (non-hydrogen) atoms. The van der Waals surface area contributed by atoms with E-state index < -0.39 is 0 Å². The molecule has 0 unspecified atom stereocenters. The predicted octanol–water partition coefficient (Wildman–Crippen LogP) is 2.93. The van der Waals surface area contributed by atoms with Crippen LogP contribution in [0.4, 0.5) is 0 Å². The van der Waals surface area contributed by atoms with E-state index in [9.17, 15) is 4.79 Å². The van der Waals surface area contributed by atoms with Crippen molar-refractivity contribution in [3.8, 4) is 5.75 Å². The molecule has 0 radical (unpaired) electrons. The molecule has 0 atom stereocenters. The predicted molar refractivity (Wildman–Crippen MR) is 91.0 cm³/mol. The van der Waals surface area contributed by atoms with Crippen LogP contribution in [-0.4, -0.2) is 45.5 Å². The number of benzene rings is 1. The summed E-state index contributed by atoms with van der Waals surface area (Å²) in [4.78, 5) is 14.5. The molecule has 128 valence electrons. The van der Waals surface area contributed by atoms with Gasteiger partial charge in [-0.3, -0.25) is 4.79 Å². The SMILES string of the molecule is CCCCOc1ccc(C(=O)N2CCC(n3ccnn3)CC2)cc1. The van der Waals surface area contributed by atoms with E-state index in [1.165, 1.54) is 0 Å². The Morgan fingerprint density at radius 3 is 2.62 bits per heavy atom. The highest BCUT2D eigenvalue weighted by Crippen LogP contribution is 2.23. The Balaban J connectivity index is 1.53. The Bertz CT molecular complexity index is 632. The number of piperidine rings is 1. The van der Waals surface area contributed by atoms with Gasteiger partial charge in [0.05, 0.1) is 18.8 Å². The molecule has 2 heterocycles. The molecule has 0 bridgehead atoms. The number of hydrogen-bond acceptors (Lipinski definition) is 4. The van der Waals surface area contributed by atoms with Crippen molar-refractivity contribution in [3.05, 3.63) is 42.2 Å². The quantitative estimate of drug-likeness (QED) is 0.765. The first-order valence-electron chi connectivity index (χ1n) is 8.66. The minimum Gasteiger partial charge on any atom is -0.494 e. The topological polar surface area (TPSA) is 60.2 Å². The maximum Gasteiger partial charge on any atom is 0.253 e. The second kappa shape index (κ2) is 7.95. The van der Waals surface area contributed by atoms with E-state index >= 15 is 0 Å². The first-order valence-corrected chi connectivity index (χ1v) is 8.66. The molecule has 3 rings (SSSR count). The van der Waals surface area contributed by atoms with Crippen LogP contribution in [0.5, 0.6) is 5.75 Å². The number of unbranched alkanes of at least 4 members (excludes halogenated alkanes) is 1. The zero-order valence-electron chi connectivity index (χ0n) is 14.1. The van der Waals surface area contributed by atoms with Crippen molar-refractivity contribution in [1.82, 2.24) is 19.9 Å². The van der Waals surface area contributed by atoms with Crippen LogP contribution in [0.1, 0.15) is 49.0 Å². The van der Waals surface area contributed by atoms with Crippen molar-refractivity contribution in [2.45, 2.75) is 38.6 Å². The van der Waals surface area contributed by atoms with Crippen molar-refractivity contribution >= 4 is 5.91 Å². The van der Waals surface area contributed by atoms with E-state index in [0.29, 0.717) is 6.04 Å². The standard InChI is InChI=1S/C18H24N4O2/c1-2-3-14-24-17-6-4-15(5-7-17)18(23)21-11-8-16(9-12-21)22-13-10-19-20-22/h4-7,10,13,16H,2-3,8-9,11-12,14H2,1H3. The molecule has 6 heteroatoms. The van der Waals surface area contributed by atoms with E-state index in [0.717, 1.165) is 56.7 Å². The van der Waals surface area contributed by atoms with Crippen LogP contribution in [0.15, 0.2) is 36.7 Å². The van der Waals surface area contributed by atoms with Crippen LogP contribution in [0.3, 0.4) is 0 Å². The van der Waals surface area contributed by atoms with Gasteiger partial charge in [-0.15, -0.1) is 5.10 Å². The summed E-state index contributed by atoms with van der Waals surface area (Å²) in [7, 11) is 0.